The summed E-state index contributed by atoms with van der Waals surface area (Å²) in [6.45, 7) is 9.88. The average Bonchev–Trinajstić information content (AvgIpc) is 3.35. The lowest BCUT2D eigenvalue weighted by atomic mass is 9.47. The summed E-state index contributed by atoms with van der Waals surface area (Å²) in [5.74, 6) is -1.31. The van der Waals surface area contributed by atoms with E-state index >= 15 is 0 Å². The fourth-order valence-electron chi connectivity index (χ4n) is 8.09. The van der Waals surface area contributed by atoms with Crippen LogP contribution >= 0.6 is 0 Å². The van der Waals surface area contributed by atoms with E-state index in [9.17, 15) is 22.8 Å². The van der Waals surface area contributed by atoms with Crippen LogP contribution in [-0.4, -0.2) is 44.2 Å². The highest BCUT2D eigenvalue weighted by atomic mass is 19.4. The zero-order chi connectivity index (χ0) is 31.9. The van der Waals surface area contributed by atoms with Gasteiger partial charge in [0.15, 0.2) is 0 Å². The molecule has 1 fully saturated rings. The lowest BCUT2D eigenvalue weighted by Crippen LogP contribution is -2.52. The van der Waals surface area contributed by atoms with E-state index in [1.54, 1.807) is 0 Å². The third-order valence-corrected chi connectivity index (χ3v) is 11.2. The lowest BCUT2D eigenvalue weighted by Gasteiger charge is -2.58. The first-order valence-corrected chi connectivity index (χ1v) is 15.5. The van der Waals surface area contributed by atoms with Crippen molar-refractivity contribution in [3.05, 3.63) is 70.8 Å². The third-order valence-electron chi connectivity index (χ3n) is 11.2. The number of fused-ring (bicyclic) bond motifs is 1. The Kier molecular flexibility index (Phi) is 8.95. The molecule has 0 N–H and O–H groups in total. The number of rotatable bonds is 8. The molecule has 7 atom stereocenters. The number of carbonyl (C=O) groups excluding carboxylic acids is 2. The van der Waals surface area contributed by atoms with Gasteiger partial charge in [0.2, 0.25) is 0 Å². The summed E-state index contributed by atoms with van der Waals surface area (Å²) >= 11 is 0. The maximum atomic E-state index is 14.4. The Hall–Kier alpha value is -2.91. The van der Waals surface area contributed by atoms with Crippen LogP contribution in [0.1, 0.15) is 78.2 Å². The number of hydrogen-bond donors (Lipinski definition) is 0. The van der Waals surface area contributed by atoms with E-state index in [0.29, 0.717) is 24.9 Å². The van der Waals surface area contributed by atoms with Crippen molar-refractivity contribution < 1.29 is 41.7 Å². The molecule has 0 bridgehead atoms. The van der Waals surface area contributed by atoms with Crippen LogP contribution in [0.5, 0.6) is 0 Å². The second kappa shape index (κ2) is 12.1. The molecule has 6 nitrogen and oxygen atoms in total. The van der Waals surface area contributed by atoms with Crippen LogP contribution in [0.2, 0.25) is 0 Å². The van der Waals surface area contributed by atoms with Gasteiger partial charge in [-0.05, 0) is 80.1 Å². The fraction of sp³-hybridized carbons (Fsp3) is 0.600. The molecule has 1 saturated carbocycles. The molecule has 44 heavy (non-hydrogen) atoms. The molecule has 1 aromatic carbocycles. The van der Waals surface area contributed by atoms with Crippen LogP contribution in [-0.2, 0) is 34.1 Å². The molecule has 0 unspecified atom stereocenters. The van der Waals surface area contributed by atoms with Crippen molar-refractivity contribution >= 4 is 11.9 Å². The highest BCUT2D eigenvalue weighted by molar-refractivity contribution is 5.87. The lowest BCUT2D eigenvalue weighted by molar-refractivity contribution is -0.281. The van der Waals surface area contributed by atoms with E-state index in [-0.39, 0.29) is 16.4 Å². The Morgan fingerprint density at radius 3 is 2.48 bits per heavy atom. The van der Waals surface area contributed by atoms with Crippen molar-refractivity contribution in [2.24, 2.45) is 22.7 Å². The quantitative estimate of drug-likeness (QED) is 0.220. The molecule has 9 heteroatoms. The smallest absolute Gasteiger partial charge is 0.418 e. The van der Waals surface area contributed by atoms with Crippen LogP contribution in [0.3, 0.4) is 0 Å². The minimum Gasteiger partial charge on any atom is -0.418 e. The Morgan fingerprint density at radius 2 is 1.84 bits per heavy atom. The van der Waals surface area contributed by atoms with Gasteiger partial charge in [0.05, 0.1) is 12.7 Å². The molecule has 0 amide bonds. The topological polar surface area (TPSA) is 71.1 Å². The van der Waals surface area contributed by atoms with Crippen LogP contribution in [0, 0.1) is 22.7 Å². The van der Waals surface area contributed by atoms with Gasteiger partial charge in [0.1, 0.15) is 0 Å². The number of allylic oxidation sites excluding steroid dienone is 2. The summed E-state index contributed by atoms with van der Waals surface area (Å²) in [4.78, 5) is 25.4. The first-order valence-electron chi connectivity index (χ1n) is 15.5. The minimum atomic E-state index is -5.15. The number of methoxy groups -OCH3 is 1. The minimum absolute atomic E-state index is 0.173. The number of cyclic esters (lactones) is 1. The van der Waals surface area contributed by atoms with Gasteiger partial charge in [-0.3, -0.25) is 0 Å². The van der Waals surface area contributed by atoms with Gasteiger partial charge in [-0.1, -0.05) is 68.8 Å². The first kappa shape index (κ1) is 32.5. The molecule has 5 rings (SSSR count). The van der Waals surface area contributed by atoms with E-state index in [1.165, 1.54) is 43.0 Å². The van der Waals surface area contributed by atoms with Gasteiger partial charge >= 0.3 is 18.1 Å². The Labute approximate surface area is 257 Å². The monoisotopic (exact) mass is 616 g/mol. The average molecular weight is 617 g/mol. The Morgan fingerprint density at radius 1 is 1.11 bits per heavy atom. The van der Waals surface area contributed by atoms with Crippen molar-refractivity contribution in [1.29, 1.82) is 0 Å². The van der Waals surface area contributed by atoms with Crippen molar-refractivity contribution in [1.82, 2.24) is 0 Å². The zero-order valence-corrected chi connectivity index (χ0v) is 26.2. The van der Waals surface area contributed by atoms with E-state index in [2.05, 4.69) is 39.8 Å². The Balaban J connectivity index is 1.27. The molecule has 0 radical (unpaired) electrons. The molecular formula is C35H43F3O6. The van der Waals surface area contributed by atoms with Gasteiger partial charge in [0.25, 0.3) is 11.9 Å². The maximum Gasteiger partial charge on any atom is 0.432 e. The van der Waals surface area contributed by atoms with Crippen LogP contribution in [0.25, 0.3) is 0 Å². The molecule has 240 valence electrons. The number of alkyl halides is 3. The van der Waals surface area contributed by atoms with Crippen molar-refractivity contribution in [3.8, 4) is 0 Å². The molecule has 0 saturated heterocycles. The fourth-order valence-corrected chi connectivity index (χ4v) is 8.09. The first-order chi connectivity index (χ1) is 20.8. The molecule has 0 spiro atoms. The summed E-state index contributed by atoms with van der Waals surface area (Å²) in [6, 6.07) is 6.52. The molecule has 4 aliphatic rings. The molecular weight excluding hydrogens is 573 g/mol. The number of hydrogen-bond acceptors (Lipinski definition) is 6. The highest BCUT2D eigenvalue weighted by Crippen LogP contribution is 2.62. The van der Waals surface area contributed by atoms with Crippen LogP contribution in [0.15, 0.2) is 65.3 Å². The summed E-state index contributed by atoms with van der Waals surface area (Å²) in [5.41, 5.74) is -0.562. The summed E-state index contributed by atoms with van der Waals surface area (Å²) in [6.07, 6.45) is 5.23. The zero-order valence-electron chi connectivity index (χ0n) is 26.2. The van der Waals surface area contributed by atoms with E-state index in [0.717, 1.165) is 50.2 Å². The summed E-state index contributed by atoms with van der Waals surface area (Å²) in [7, 11) is 0.789. The predicted octanol–water partition coefficient (Wildman–Crippen LogP) is 7.74. The SMILES string of the molecule is CO[C@](C(=O)O[C@H]1OC(=O)C=C1[C@H]1CC=C(CC[C@]2(C)[C@H]3CCC=C(C)[C@]3(C)CC[C@@H]2C)CO1)(c1ccccc1)C(F)(F)F. The second-order valence-corrected chi connectivity index (χ2v) is 13.3. The van der Waals surface area contributed by atoms with Gasteiger partial charge in [-0.25, -0.2) is 9.59 Å². The highest BCUT2D eigenvalue weighted by Gasteiger charge is 2.65. The second-order valence-electron chi connectivity index (χ2n) is 13.3. The van der Waals surface area contributed by atoms with E-state index in [1.807, 2.05) is 0 Å². The third kappa shape index (κ3) is 5.55. The van der Waals surface area contributed by atoms with Gasteiger partial charge in [-0.15, -0.1) is 0 Å². The number of benzene rings is 1. The molecule has 0 aromatic heterocycles. The standard InChI is InChI=1S/C35H43F3O6/c1-22-10-9-13-28-32(22,3)18-16-23(2)33(28,4)19-17-24-14-15-27(42-21-24)26-20-29(39)43-30(26)44-31(40)34(41-5,35(36,37)38)25-11-7-6-8-12-25/h6-8,10-12,14,20,23,27-28,30H,9,13,15-19,21H2,1-5H3/t23-,27+,28-,30+,32-,33-,34-/m0/s1. The predicted molar refractivity (Wildman–Crippen MR) is 158 cm³/mol. The number of ether oxygens (including phenoxy) is 4. The van der Waals surface area contributed by atoms with Gasteiger partial charge in [0, 0.05) is 24.3 Å². The van der Waals surface area contributed by atoms with Crippen LogP contribution < -0.4 is 0 Å². The van der Waals surface area contributed by atoms with E-state index in [4.69, 9.17) is 18.9 Å². The van der Waals surface area contributed by atoms with Crippen LogP contribution in [0.4, 0.5) is 13.2 Å². The van der Waals surface area contributed by atoms with Crippen molar-refractivity contribution in [3.63, 3.8) is 0 Å². The molecule has 2 aliphatic carbocycles. The largest absolute Gasteiger partial charge is 0.432 e. The summed E-state index contributed by atoms with van der Waals surface area (Å²) < 4.78 is 64.4. The Bertz CT molecular complexity index is 1350. The van der Waals surface area contributed by atoms with E-state index < -0.39 is 41.7 Å². The summed E-state index contributed by atoms with van der Waals surface area (Å²) in [5, 5.41) is 0. The van der Waals surface area contributed by atoms with Gasteiger partial charge < -0.3 is 18.9 Å². The maximum absolute atomic E-state index is 14.4. The van der Waals surface area contributed by atoms with Crippen molar-refractivity contribution in [2.75, 3.05) is 13.7 Å². The number of esters is 2. The van der Waals surface area contributed by atoms with Gasteiger partial charge in [-0.2, -0.15) is 13.2 Å². The van der Waals surface area contributed by atoms with Crippen molar-refractivity contribution in [2.45, 2.75) is 96.8 Å². The number of carbonyl (C=O) groups is 2. The number of halogens is 3. The normalized spacial score (nSPS) is 33.7. The molecule has 2 aliphatic heterocycles. The molecule has 1 aromatic rings. The molecule has 2 heterocycles.